The number of hydrogen-bond acceptors (Lipinski definition) is 4. The quantitative estimate of drug-likeness (QED) is 0.725. The number of halogens is 1. The number of benzene rings is 2. The molecule has 0 aliphatic heterocycles. The number of hydrogen-bond donors (Lipinski definition) is 1. The van der Waals surface area contributed by atoms with Gasteiger partial charge in [0.25, 0.3) is 5.91 Å². The van der Waals surface area contributed by atoms with Crippen LogP contribution in [-0.2, 0) is 0 Å². The van der Waals surface area contributed by atoms with Crippen molar-refractivity contribution in [3.05, 3.63) is 70.6 Å². The SMILES string of the molecule is Cc1ccc(Oc2ccc(Cl)cc2NC(=O)c2cc(C)on2)cc1. The number of nitrogens with zero attached hydrogens (tertiary/aromatic N) is 1. The average Bonchev–Trinajstić information content (AvgIpc) is 2.99. The van der Waals surface area contributed by atoms with Gasteiger partial charge in [-0.15, -0.1) is 0 Å². The number of rotatable bonds is 4. The zero-order valence-electron chi connectivity index (χ0n) is 13.2. The first kappa shape index (κ1) is 16.1. The van der Waals surface area contributed by atoms with Crippen LogP contribution < -0.4 is 10.1 Å². The fraction of sp³-hybridized carbons (Fsp3) is 0.111. The molecule has 122 valence electrons. The molecule has 0 aliphatic carbocycles. The molecule has 0 saturated heterocycles. The van der Waals surface area contributed by atoms with Crippen molar-refractivity contribution in [2.75, 3.05) is 5.32 Å². The maximum absolute atomic E-state index is 12.3. The molecular formula is C18H15ClN2O3. The number of amides is 1. The third-order valence-electron chi connectivity index (χ3n) is 3.30. The Labute approximate surface area is 144 Å². The summed E-state index contributed by atoms with van der Waals surface area (Å²) in [6.07, 6.45) is 0. The van der Waals surface area contributed by atoms with E-state index in [-0.39, 0.29) is 5.69 Å². The third kappa shape index (κ3) is 3.75. The van der Waals surface area contributed by atoms with E-state index in [1.54, 1.807) is 31.2 Å². The van der Waals surface area contributed by atoms with Crippen LogP contribution in [0.3, 0.4) is 0 Å². The van der Waals surface area contributed by atoms with Gasteiger partial charge < -0.3 is 14.6 Å². The van der Waals surface area contributed by atoms with Crippen molar-refractivity contribution in [3.63, 3.8) is 0 Å². The van der Waals surface area contributed by atoms with E-state index in [1.807, 2.05) is 31.2 Å². The van der Waals surface area contributed by atoms with Crippen molar-refractivity contribution in [2.24, 2.45) is 0 Å². The second-order valence-corrected chi connectivity index (χ2v) is 5.77. The van der Waals surface area contributed by atoms with Gasteiger partial charge in [-0.1, -0.05) is 34.5 Å². The fourth-order valence-electron chi connectivity index (χ4n) is 2.08. The third-order valence-corrected chi connectivity index (χ3v) is 3.53. The number of ether oxygens (including phenoxy) is 1. The molecule has 3 aromatic rings. The Bertz CT molecular complexity index is 872. The summed E-state index contributed by atoms with van der Waals surface area (Å²) in [4.78, 5) is 12.3. The topological polar surface area (TPSA) is 64.4 Å². The van der Waals surface area contributed by atoms with Gasteiger partial charge in [0, 0.05) is 11.1 Å². The maximum atomic E-state index is 12.3. The zero-order chi connectivity index (χ0) is 17.1. The molecule has 0 atom stereocenters. The summed E-state index contributed by atoms with van der Waals surface area (Å²) in [6, 6.07) is 14.2. The second-order valence-electron chi connectivity index (χ2n) is 5.33. The van der Waals surface area contributed by atoms with Gasteiger partial charge in [-0.25, -0.2) is 0 Å². The van der Waals surface area contributed by atoms with Crippen molar-refractivity contribution in [1.29, 1.82) is 0 Å². The number of nitrogens with one attached hydrogen (secondary N) is 1. The van der Waals surface area contributed by atoms with Crippen molar-refractivity contribution < 1.29 is 14.1 Å². The van der Waals surface area contributed by atoms with Crippen LogP contribution in [-0.4, -0.2) is 11.1 Å². The molecule has 1 heterocycles. The Morgan fingerprint density at radius 2 is 1.88 bits per heavy atom. The van der Waals surface area contributed by atoms with E-state index in [4.69, 9.17) is 20.9 Å². The van der Waals surface area contributed by atoms with E-state index >= 15 is 0 Å². The van der Waals surface area contributed by atoms with Crippen LogP contribution in [0.25, 0.3) is 0 Å². The van der Waals surface area contributed by atoms with Gasteiger partial charge in [0.05, 0.1) is 5.69 Å². The lowest BCUT2D eigenvalue weighted by Crippen LogP contribution is -2.12. The molecule has 0 spiro atoms. The van der Waals surface area contributed by atoms with E-state index in [2.05, 4.69) is 10.5 Å². The molecule has 0 fully saturated rings. The highest BCUT2D eigenvalue weighted by atomic mass is 35.5. The lowest BCUT2D eigenvalue weighted by molar-refractivity contribution is 0.101. The number of aromatic nitrogens is 1. The Morgan fingerprint density at radius 1 is 1.12 bits per heavy atom. The Hall–Kier alpha value is -2.79. The minimum absolute atomic E-state index is 0.189. The van der Waals surface area contributed by atoms with E-state index in [1.165, 1.54) is 0 Å². The molecule has 6 heteroatoms. The minimum Gasteiger partial charge on any atom is -0.455 e. The number of carbonyl (C=O) groups excluding carboxylic acids is 1. The summed E-state index contributed by atoms with van der Waals surface area (Å²) in [5.74, 6) is 1.30. The fourth-order valence-corrected chi connectivity index (χ4v) is 2.25. The molecule has 1 aromatic heterocycles. The Kier molecular flexibility index (Phi) is 4.53. The number of aryl methyl sites for hydroxylation is 2. The molecule has 0 saturated carbocycles. The molecule has 0 unspecified atom stereocenters. The zero-order valence-corrected chi connectivity index (χ0v) is 13.9. The highest BCUT2D eigenvalue weighted by Gasteiger charge is 2.14. The lowest BCUT2D eigenvalue weighted by atomic mass is 10.2. The normalized spacial score (nSPS) is 10.5. The van der Waals surface area contributed by atoms with E-state index < -0.39 is 5.91 Å². The van der Waals surface area contributed by atoms with Crippen molar-refractivity contribution in [1.82, 2.24) is 5.16 Å². The molecule has 2 aromatic carbocycles. The van der Waals surface area contributed by atoms with Gasteiger partial charge in [-0.3, -0.25) is 4.79 Å². The van der Waals surface area contributed by atoms with E-state index in [0.717, 1.165) is 5.56 Å². The van der Waals surface area contributed by atoms with Crippen molar-refractivity contribution in [3.8, 4) is 11.5 Å². The van der Waals surface area contributed by atoms with Gasteiger partial charge in [0.1, 0.15) is 11.5 Å². The van der Waals surface area contributed by atoms with Gasteiger partial charge in [0.15, 0.2) is 11.4 Å². The summed E-state index contributed by atoms with van der Waals surface area (Å²) in [7, 11) is 0. The van der Waals surface area contributed by atoms with E-state index in [9.17, 15) is 4.79 Å². The summed E-state index contributed by atoms with van der Waals surface area (Å²) < 4.78 is 10.8. The summed E-state index contributed by atoms with van der Waals surface area (Å²) >= 11 is 6.03. The Balaban J connectivity index is 1.85. The summed E-state index contributed by atoms with van der Waals surface area (Å²) in [5.41, 5.74) is 1.77. The van der Waals surface area contributed by atoms with Crippen LogP contribution in [0.5, 0.6) is 11.5 Å². The van der Waals surface area contributed by atoms with Crippen LogP contribution in [0.1, 0.15) is 21.8 Å². The lowest BCUT2D eigenvalue weighted by Gasteiger charge is -2.12. The molecule has 5 nitrogen and oxygen atoms in total. The van der Waals surface area contributed by atoms with Crippen molar-refractivity contribution >= 4 is 23.2 Å². The molecule has 1 amide bonds. The van der Waals surface area contributed by atoms with Gasteiger partial charge in [0.2, 0.25) is 0 Å². The van der Waals surface area contributed by atoms with Gasteiger partial charge >= 0.3 is 0 Å². The minimum atomic E-state index is -0.400. The Morgan fingerprint density at radius 3 is 2.54 bits per heavy atom. The summed E-state index contributed by atoms with van der Waals surface area (Å²) in [5, 5.41) is 6.92. The first-order valence-electron chi connectivity index (χ1n) is 7.30. The van der Waals surface area contributed by atoms with Crippen LogP contribution in [0.4, 0.5) is 5.69 Å². The largest absolute Gasteiger partial charge is 0.455 e. The molecule has 0 bridgehead atoms. The highest BCUT2D eigenvalue weighted by molar-refractivity contribution is 6.31. The standard InChI is InChI=1S/C18H15ClN2O3/c1-11-3-6-14(7-4-11)23-17-8-5-13(19)10-15(17)20-18(22)16-9-12(2)24-21-16/h3-10H,1-2H3,(H,20,22). The predicted octanol–water partition coefficient (Wildman–Crippen LogP) is 4.99. The monoisotopic (exact) mass is 342 g/mol. The summed E-state index contributed by atoms with van der Waals surface area (Å²) in [6.45, 7) is 3.72. The van der Waals surface area contributed by atoms with Crippen LogP contribution >= 0.6 is 11.6 Å². The molecule has 3 rings (SSSR count). The molecule has 24 heavy (non-hydrogen) atoms. The van der Waals surface area contributed by atoms with Gasteiger partial charge in [-0.2, -0.15) is 0 Å². The smallest absolute Gasteiger partial charge is 0.277 e. The van der Waals surface area contributed by atoms with Crippen LogP contribution in [0, 0.1) is 13.8 Å². The number of carbonyl (C=O) groups is 1. The van der Waals surface area contributed by atoms with Crippen LogP contribution in [0.2, 0.25) is 5.02 Å². The van der Waals surface area contributed by atoms with Gasteiger partial charge in [-0.05, 0) is 44.2 Å². The first-order chi connectivity index (χ1) is 11.5. The molecule has 0 aliphatic rings. The second kappa shape index (κ2) is 6.76. The van der Waals surface area contributed by atoms with Crippen molar-refractivity contribution in [2.45, 2.75) is 13.8 Å². The molecule has 1 N–H and O–H groups in total. The molecular weight excluding hydrogens is 328 g/mol. The highest BCUT2D eigenvalue weighted by Crippen LogP contribution is 2.32. The van der Waals surface area contributed by atoms with Crippen LogP contribution in [0.15, 0.2) is 53.1 Å². The van der Waals surface area contributed by atoms with E-state index in [0.29, 0.717) is 28.0 Å². The average molecular weight is 343 g/mol. The predicted molar refractivity (Wildman–Crippen MR) is 91.9 cm³/mol. The first-order valence-corrected chi connectivity index (χ1v) is 7.68. The molecule has 0 radical (unpaired) electrons. The number of anilines is 1. The maximum Gasteiger partial charge on any atom is 0.277 e.